The molecule has 2 heterocycles. The molecule has 0 aliphatic heterocycles. The lowest BCUT2D eigenvalue weighted by Gasteiger charge is -2.07. The standard InChI is InChI=1S/C12H8ClN3O/c13-10-8-12(16-11(15-10)6-7-14-16)17-9-4-2-1-3-5-9/h1-8H. The largest absolute Gasteiger partial charge is 0.439 e. The number of rotatable bonds is 2. The van der Waals surface area contributed by atoms with Gasteiger partial charge in [-0.2, -0.15) is 9.61 Å². The molecule has 0 amide bonds. The topological polar surface area (TPSA) is 39.4 Å². The first-order chi connectivity index (χ1) is 8.33. The summed E-state index contributed by atoms with van der Waals surface area (Å²) in [5.41, 5.74) is 0.656. The summed E-state index contributed by atoms with van der Waals surface area (Å²) in [6, 6.07) is 12.9. The van der Waals surface area contributed by atoms with Gasteiger partial charge in [0.25, 0.3) is 0 Å². The Kier molecular flexibility index (Phi) is 2.42. The fourth-order valence-electron chi connectivity index (χ4n) is 1.54. The van der Waals surface area contributed by atoms with Gasteiger partial charge >= 0.3 is 0 Å². The quantitative estimate of drug-likeness (QED) is 0.651. The van der Waals surface area contributed by atoms with Crippen LogP contribution in [0.25, 0.3) is 5.65 Å². The predicted octanol–water partition coefficient (Wildman–Crippen LogP) is 3.18. The zero-order chi connectivity index (χ0) is 11.7. The molecule has 0 saturated heterocycles. The highest BCUT2D eigenvalue weighted by Gasteiger charge is 2.06. The van der Waals surface area contributed by atoms with Crippen LogP contribution in [0.2, 0.25) is 5.15 Å². The fourth-order valence-corrected chi connectivity index (χ4v) is 1.72. The zero-order valence-electron chi connectivity index (χ0n) is 8.75. The van der Waals surface area contributed by atoms with Crippen LogP contribution >= 0.6 is 11.6 Å². The molecule has 0 fully saturated rings. The molecule has 0 bridgehead atoms. The lowest BCUT2D eigenvalue weighted by molar-refractivity contribution is 0.446. The summed E-state index contributed by atoms with van der Waals surface area (Å²) in [6.45, 7) is 0. The van der Waals surface area contributed by atoms with Gasteiger partial charge in [0.05, 0.1) is 6.20 Å². The van der Waals surface area contributed by atoms with Crippen LogP contribution < -0.4 is 4.74 Å². The normalized spacial score (nSPS) is 10.6. The van der Waals surface area contributed by atoms with Gasteiger partial charge in [0.15, 0.2) is 5.65 Å². The number of benzene rings is 1. The van der Waals surface area contributed by atoms with Gasteiger partial charge in [-0.15, -0.1) is 0 Å². The number of hydrogen-bond acceptors (Lipinski definition) is 3. The number of ether oxygens (including phenoxy) is 1. The van der Waals surface area contributed by atoms with Crippen LogP contribution in [0.4, 0.5) is 0 Å². The van der Waals surface area contributed by atoms with Gasteiger partial charge in [0.1, 0.15) is 10.9 Å². The van der Waals surface area contributed by atoms with Crippen molar-refractivity contribution in [3.05, 3.63) is 53.8 Å². The van der Waals surface area contributed by atoms with Crippen molar-refractivity contribution in [2.24, 2.45) is 0 Å². The minimum atomic E-state index is 0.379. The molecule has 5 heteroatoms. The van der Waals surface area contributed by atoms with Crippen molar-refractivity contribution in [3.63, 3.8) is 0 Å². The van der Waals surface area contributed by atoms with E-state index in [4.69, 9.17) is 16.3 Å². The van der Waals surface area contributed by atoms with E-state index in [2.05, 4.69) is 10.1 Å². The maximum absolute atomic E-state index is 5.91. The third-order valence-electron chi connectivity index (χ3n) is 2.26. The van der Waals surface area contributed by atoms with Gasteiger partial charge < -0.3 is 4.74 Å². The van der Waals surface area contributed by atoms with Crippen LogP contribution in [-0.2, 0) is 0 Å². The van der Waals surface area contributed by atoms with Crippen molar-refractivity contribution in [2.45, 2.75) is 0 Å². The molecule has 1 aromatic carbocycles. The van der Waals surface area contributed by atoms with E-state index in [0.29, 0.717) is 16.7 Å². The van der Waals surface area contributed by atoms with Crippen LogP contribution in [0, 0.1) is 0 Å². The van der Waals surface area contributed by atoms with Crippen LogP contribution in [-0.4, -0.2) is 14.6 Å². The summed E-state index contributed by atoms with van der Waals surface area (Å²) >= 11 is 5.91. The third kappa shape index (κ3) is 1.94. The van der Waals surface area contributed by atoms with Gasteiger partial charge in [-0.05, 0) is 12.1 Å². The Morgan fingerprint density at radius 1 is 1.12 bits per heavy atom. The molecule has 2 aromatic heterocycles. The third-order valence-corrected chi connectivity index (χ3v) is 2.45. The predicted molar refractivity (Wildman–Crippen MR) is 64.5 cm³/mol. The van der Waals surface area contributed by atoms with Gasteiger partial charge in [-0.25, -0.2) is 4.98 Å². The number of halogens is 1. The number of nitrogens with zero attached hydrogens (tertiary/aromatic N) is 3. The fraction of sp³-hybridized carbons (Fsp3) is 0. The van der Waals surface area contributed by atoms with Gasteiger partial charge in [-0.3, -0.25) is 0 Å². The number of para-hydroxylation sites is 1. The molecule has 0 saturated carbocycles. The van der Waals surface area contributed by atoms with Gasteiger partial charge in [-0.1, -0.05) is 29.8 Å². The first kappa shape index (κ1) is 10.1. The average molecular weight is 246 g/mol. The lowest BCUT2D eigenvalue weighted by Crippen LogP contribution is -1.97. The molecule has 0 aliphatic rings. The van der Waals surface area contributed by atoms with Crippen LogP contribution in [0.3, 0.4) is 0 Å². The molecule has 4 nitrogen and oxygen atoms in total. The molecule has 0 N–H and O–H groups in total. The monoisotopic (exact) mass is 245 g/mol. The van der Waals surface area contributed by atoms with Crippen molar-refractivity contribution in [1.82, 2.24) is 14.6 Å². The van der Waals surface area contributed by atoms with Crippen LogP contribution in [0.5, 0.6) is 11.6 Å². The Balaban J connectivity index is 2.08. The maximum Gasteiger partial charge on any atom is 0.225 e. The highest BCUT2D eigenvalue weighted by atomic mass is 35.5. The van der Waals surface area contributed by atoms with Crippen LogP contribution in [0.1, 0.15) is 0 Å². The summed E-state index contributed by atoms with van der Waals surface area (Å²) in [4.78, 5) is 4.12. The minimum Gasteiger partial charge on any atom is -0.439 e. The Morgan fingerprint density at radius 2 is 1.94 bits per heavy atom. The van der Waals surface area contributed by atoms with E-state index in [-0.39, 0.29) is 0 Å². The first-order valence-corrected chi connectivity index (χ1v) is 5.44. The molecule has 0 spiro atoms. The molecule has 0 atom stereocenters. The first-order valence-electron chi connectivity index (χ1n) is 5.06. The SMILES string of the molecule is Clc1cc(Oc2ccccc2)n2nccc2n1. The maximum atomic E-state index is 5.91. The Labute approximate surface area is 102 Å². The van der Waals surface area contributed by atoms with E-state index < -0.39 is 0 Å². The number of fused-ring (bicyclic) bond motifs is 1. The van der Waals surface area contributed by atoms with E-state index in [0.717, 1.165) is 5.75 Å². The van der Waals surface area contributed by atoms with E-state index in [1.54, 1.807) is 22.8 Å². The summed E-state index contributed by atoms with van der Waals surface area (Å²) < 4.78 is 7.30. The van der Waals surface area contributed by atoms with Gasteiger partial charge in [0.2, 0.25) is 5.88 Å². The molecule has 17 heavy (non-hydrogen) atoms. The Morgan fingerprint density at radius 3 is 2.76 bits per heavy atom. The van der Waals surface area contributed by atoms with Crippen molar-refractivity contribution in [3.8, 4) is 11.6 Å². The molecule has 84 valence electrons. The molecule has 0 radical (unpaired) electrons. The highest BCUT2D eigenvalue weighted by molar-refractivity contribution is 6.29. The van der Waals surface area contributed by atoms with Crippen molar-refractivity contribution >= 4 is 17.2 Å². The van der Waals surface area contributed by atoms with Crippen molar-refractivity contribution < 1.29 is 4.74 Å². The number of aromatic nitrogens is 3. The smallest absolute Gasteiger partial charge is 0.225 e. The molecule has 3 aromatic rings. The summed E-state index contributed by atoms with van der Waals surface area (Å²) in [7, 11) is 0. The zero-order valence-corrected chi connectivity index (χ0v) is 9.50. The highest BCUT2D eigenvalue weighted by Crippen LogP contribution is 2.23. The lowest BCUT2D eigenvalue weighted by atomic mass is 10.3. The summed E-state index contributed by atoms with van der Waals surface area (Å²) in [5, 5.41) is 4.51. The summed E-state index contributed by atoms with van der Waals surface area (Å²) in [6.07, 6.45) is 1.65. The van der Waals surface area contributed by atoms with Gasteiger partial charge in [0, 0.05) is 12.1 Å². The van der Waals surface area contributed by atoms with E-state index in [9.17, 15) is 0 Å². The van der Waals surface area contributed by atoms with Crippen molar-refractivity contribution in [2.75, 3.05) is 0 Å². The molecular weight excluding hydrogens is 238 g/mol. The van der Waals surface area contributed by atoms with E-state index in [1.165, 1.54) is 0 Å². The Hall–Kier alpha value is -2.07. The van der Waals surface area contributed by atoms with Crippen molar-refractivity contribution in [1.29, 1.82) is 0 Å². The van der Waals surface area contributed by atoms with E-state index >= 15 is 0 Å². The average Bonchev–Trinajstić information content (AvgIpc) is 2.78. The van der Waals surface area contributed by atoms with E-state index in [1.807, 2.05) is 30.3 Å². The Bertz CT molecular complexity index is 651. The molecule has 0 aliphatic carbocycles. The molecular formula is C12H8ClN3O. The second-order valence-electron chi connectivity index (χ2n) is 3.43. The second-order valence-corrected chi connectivity index (χ2v) is 3.82. The molecule has 3 rings (SSSR count). The summed E-state index contributed by atoms with van der Waals surface area (Å²) in [5.74, 6) is 1.27. The minimum absolute atomic E-state index is 0.379. The molecule has 0 unspecified atom stereocenters. The van der Waals surface area contributed by atoms with Crippen LogP contribution in [0.15, 0.2) is 48.7 Å². The number of hydrogen-bond donors (Lipinski definition) is 0. The second kappa shape index (κ2) is 4.07.